The normalized spacial score (nSPS) is 26.9. The Bertz CT molecular complexity index is 1920. The Hall–Kier alpha value is -4.37. The minimum atomic E-state index is -0.910. The highest BCUT2D eigenvalue weighted by molar-refractivity contribution is 6.36. The summed E-state index contributed by atoms with van der Waals surface area (Å²) < 4.78 is 37.5. The van der Waals surface area contributed by atoms with Crippen molar-refractivity contribution in [3.05, 3.63) is 64.2 Å². The van der Waals surface area contributed by atoms with Gasteiger partial charge in [0.25, 0.3) is 0 Å². The van der Waals surface area contributed by atoms with Gasteiger partial charge in [0.15, 0.2) is 40.3 Å². The molecule has 0 bridgehead atoms. The number of hydrogen-bond acceptors (Lipinski definition) is 9. The SMILES string of the molecule is COc1ccc2c(c1OC)Oc1c(OC)ccc3c1C1=C2C(=O)[C@]2(C[C@H]4CCc5ccc(OC)c6c5[C@@]4(CCN(C)C)[C@H]2O6)N1CC3. The summed E-state index contributed by atoms with van der Waals surface area (Å²) >= 11 is 0. The third-order valence-electron chi connectivity index (χ3n) is 11.9. The number of carbonyl (C=O) groups excluding carboxylic acids is 1. The molecule has 0 aromatic heterocycles. The summed E-state index contributed by atoms with van der Waals surface area (Å²) in [7, 11) is 10.8. The van der Waals surface area contributed by atoms with Gasteiger partial charge in [-0.3, -0.25) is 4.79 Å². The highest BCUT2D eigenvalue weighted by Crippen LogP contribution is 2.71. The second kappa shape index (κ2) is 9.83. The van der Waals surface area contributed by atoms with Gasteiger partial charge in [0.1, 0.15) is 11.6 Å². The van der Waals surface area contributed by atoms with Gasteiger partial charge in [-0.05, 0) is 94.1 Å². The average molecular weight is 637 g/mol. The topological polar surface area (TPSA) is 78.9 Å². The second-order valence-corrected chi connectivity index (χ2v) is 14.0. The third-order valence-corrected chi connectivity index (χ3v) is 11.9. The highest BCUT2D eigenvalue weighted by atomic mass is 16.5. The first-order valence-corrected chi connectivity index (χ1v) is 16.6. The number of aryl methyl sites for hydroxylation is 1. The molecule has 4 atom stereocenters. The molecule has 47 heavy (non-hydrogen) atoms. The van der Waals surface area contributed by atoms with Crippen LogP contribution in [0.1, 0.15) is 47.1 Å². The highest BCUT2D eigenvalue weighted by Gasteiger charge is 2.76. The standard InChI is InChI=1S/C38H40N2O7/c1-39(2)18-16-37-22-10-7-21-9-13-25(43-4)33(29(21)37)47-36(37)38(19-22)35(41)28-23-11-14-26(44-5)34(45-6)31(23)46-32-24(42-3)12-8-20-15-17-40(38)30(28)27(20)32/h8-9,11-14,22,36H,7,10,15-19H2,1-6H3/t22-,36-,37+,38+/m1/s1. The van der Waals surface area contributed by atoms with Crippen molar-refractivity contribution in [3.8, 4) is 40.2 Å². The zero-order valence-corrected chi connectivity index (χ0v) is 27.8. The quantitative estimate of drug-likeness (QED) is 0.335. The number of rotatable bonds is 7. The first-order chi connectivity index (χ1) is 22.8. The first-order valence-electron chi connectivity index (χ1n) is 16.6. The van der Waals surface area contributed by atoms with Gasteiger partial charge in [-0.25, -0.2) is 0 Å². The fourth-order valence-corrected chi connectivity index (χ4v) is 10.1. The van der Waals surface area contributed by atoms with Crippen molar-refractivity contribution in [1.29, 1.82) is 0 Å². The van der Waals surface area contributed by atoms with Crippen molar-refractivity contribution in [3.63, 3.8) is 0 Å². The Morgan fingerprint density at radius 1 is 0.872 bits per heavy atom. The Morgan fingerprint density at radius 2 is 1.60 bits per heavy atom. The molecule has 3 aromatic rings. The molecule has 0 unspecified atom stereocenters. The maximum absolute atomic E-state index is 15.8. The predicted molar refractivity (Wildman–Crippen MR) is 176 cm³/mol. The Morgan fingerprint density at radius 3 is 2.32 bits per heavy atom. The van der Waals surface area contributed by atoms with Gasteiger partial charge in [-0.1, -0.05) is 12.1 Å². The van der Waals surface area contributed by atoms with Crippen LogP contribution < -0.4 is 28.4 Å². The molecule has 1 saturated carbocycles. The lowest BCUT2D eigenvalue weighted by atomic mass is 9.62. The molecule has 9 nitrogen and oxygen atoms in total. The number of Topliss-reactive ketones (excluding diaryl/α,β-unsaturated/α-hetero) is 1. The van der Waals surface area contributed by atoms with Crippen molar-refractivity contribution in [2.24, 2.45) is 5.92 Å². The minimum Gasteiger partial charge on any atom is -0.493 e. The lowest BCUT2D eigenvalue weighted by Crippen LogP contribution is -2.61. The number of ketones is 1. The third kappa shape index (κ3) is 3.35. The summed E-state index contributed by atoms with van der Waals surface area (Å²) in [6.07, 6.45) is 3.99. The monoisotopic (exact) mass is 636 g/mol. The first kappa shape index (κ1) is 28.8. The van der Waals surface area contributed by atoms with Crippen molar-refractivity contribution in [1.82, 2.24) is 9.80 Å². The molecular formula is C38H40N2O7. The van der Waals surface area contributed by atoms with Gasteiger partial charge < -0.3 is 38.2 Å². The van der Waals surface area contributed by atoms with E-state index in [4.69, 9.17) is 28.4 Å². The lowest BCUT2D eigenvalue weighted by Gasteiger charge is -2.45. The molecule has 6 aliphatic rings. The minimum absolute atomic E-state index is 0.0880. The number of nitrogens with zero attached hydrogens (tertiary/aromatic N) is 2. The average Bonchev–Trinajstić information content (AvgIpc) is 3.63. The Labute approximate surface area is 274 Å². The smallest absolute Gasteiger partial charge is 0.204 e. The zero-order valence-electron chi connectivity index (χ0n) is 27.8. The lowest BCUT2D eigenvalue weighted by molar-refractivity contribution is -0.126. The summed E-state index contributed by atoms with van der Waals surface area (Å²) in [5, 5.41) is 0. The van der Waals surface area contributed by atoms with E-state index in [1.54, 1.807) is 28.4 Å². The van der Waals surface area contributed by atoms with Crippen LogP contribution >= 0.6 is 0 Å². The van der Waals surface area contributed by atoms with Gasteiger partial charge in [0.05, 0.1) is 39.7 Å². The number of fused-ring (bicyclic) bond motifs is 4. The molecular weight excluding hydrogens is 596 g/mol. The van der Waals surface area contributed by atoms with Crippen LogP contribution in [-0.4, -0.2) is 82.9 Å². The predicted octanol–water partition coefficient (Wildman–Crippen LogP) is 5.49. The summed E-state index contributed by atoms with van der Waals surface area (Å²) in [5.41, 5.74) is 5.66. The summed E-state index contributed by atoms with van der Waals surface area (Å²) in [4.78, 5) is 20.5. The summed E-state index contributed by atoms with van der Waals surface area (Å²) in [6, 6.07) is 12.1. The van der Waals surface area contributed by atoms with Crippen LogP contribution in [0.5, 0.6) is 40.2 Å². The molecule has 0 N–H and O–H groups in total. The fourth-order valence-electron chi connectivity index (χ4n) is 10.1. The molecule has 9 heteroatoms. The number of ether oxygens (including phenoxy) is 6. The van der Waals surface area contributed by atoms with Crippen molar-refractivity contribution in [2.75, 3.05) is 55.6 Å². The van der Waals surface area contributed by atoms with Gasteiger partial charge in [0, 0.05) is 28.7 Å². The Kier molecular flexibility index (Phi) is 6.03. The number of benzene rings is 3. The molecule has 3 aromatic carbocycles. The van der Waals surface area contributed by atoms with Gasteiger partial charge in [-0.2, -0.15) is 0 Å². The summed E-state index contributed by atoms with van der Waals surface area (Å²) in [6.45, 7) is 1.59. The molecule has 0 radical (unpaired) electrons. The molecule has 1 fully saturated rings. The van der Waals surface area contributed by atoms with Crippen LogP contribution in [0, 0.1) is 5.92 Å². The molecule has 4 heterocycles. The van der Waals surface area contributed by atoms with E-state index in [0.717, 1.165) is 67.0 Å². The molecule has 244 valence electrons. The second-order valence-electron chi connectivity index (χ2n) is 14.0. The van der Waals surface area contributed by atoms with Crippen LogP contribution in [-0.2, 0) is 23.1 Å². The maximum Gasteiger partial charge on any atom is 0.204 e. The van der Waals surface area contributed by atoms with E-state index in [2.05, 4.69) is 36.0 Å². The molecule has 2 aliphatic carbocycles. The van der Waals surface area contributed by atoms with Crippen molar-refractivity contribution < 1.29 is 33.2 Å². The van der Waals surface area contributed by atoms with Gasteiger partial charge in [0.2, 0.25) is 5.75 Å². The van der Waals surface area contributed by atoms with Gasteiger partial charge in [-0.15, -0.1) is 0 Å². The largest absolute Gasteiger partial charge is 0.493 e. The van der Waals surface area contributed by atoms with E-state index in [1.165, 1.54) is 11.1 Å². The van der Waals surface area contributed by atoms with Crippen LogP contribution in [0.2, 0.25) is 0 Å². The van der Waals surface area contributed by atoms with Crippen LogP contribution in [0.25, 0.3) is 11.3 Å². The van der Waals surface area contributed by atoms with E-state index in [0.29, 0.717) is 46.4 Å². The summed E-state index contributed by atoms with van der Waals surface area (Å²) in [5.74, 6) is 4.55. The van der Waals surface area contributed by atoms with Gasteiger partial charge >= 0.3 is 0 Å². The van der Waals surface area contributed by atoms with Crippen LogP contribution in [0.3, 0.4) is 0 Å². The van der Waals surface area contributed by atoms with Crippen LogP contribution in [0.4, 0.5) is 0 Å². The number of hydrogen-bond donors (Lipinski definition) is 0. The molecule has 9 rings (SSSR count). The van der Waals surface area contributed by atoms with E-state index in [9.17, 15) is 0 Å². The van der Waals surface area contributed by atoms with E-state index in [1.807, 2.05) is 24.3 Å². The van der Waals surface area contributed by atoms with E-state index >= 15 is 4.79 Å². The molecule has 4 aliphatic heterocycles. The number of methoxy groups -OCH3 is 4. The molecule has 0 saturated heterocycles. The Balaban J connectivity index is 1.32. The zero-order chi connectivity index (χ0) is 32.4. The van der Waals surface area contributed by atoms with Crippen LogP contribution in [0.15, 0.2) is 36.4 Å². The molecule has 1 spiro atoms. The van der Waals surface area contributed by atoms with E-state index < -0.39 is 5.54 Å². The van der Waals surface area contributed by atoms with Crippen molar-refractivity contribution in [2.45, 2.75) is 49.2 Å². The number of carbonyl (C=O) groups is 1. The fraction of sp³-hybridized carbons (Fsp3) is 0.447. The maximum atomic E-state index is 15.8. The molecule has 0 amide bonds. The van der Waals surface area contributed by atoms with Crippen molar-refractivity contribution >= 4 is 17.1 Å². The van der Waals surface area contributed by atoms with E-state index in [-0.39, 0.29) is 23.2 Å².